The highest BCUT2D eigenvalue weighted by Gasteiger charge is 2.47. The van der Waals surface area contributed by atoms with Gasteiger partial charge < -0.3 is 29.2 Å². The van der Waals surface area contributed by atoms with Crippen LogP contribution in [-0.2, 0) is 28.5 Å². The molecule has 2 atom stereocenters. The molecular formula is C30H32O8. The van der Waals surface area contributed by atoms with E-state index in [0.29, 0.717) is 46.6 Å². The number of carbonyl (C=O) groups is 2. The van der Waals surface area contributed by atoms with Gasteiger partial charge in [0.25, 0.3) is 0 Å². The number of ether oxygens (including phenoxy) is 4. The Balaban J connectivity index is 2.21. The number of aliphatic hydroxyl groups is 2. The summed E-state index contributed by atoms with van der Waals surface area (Å²) in [6.07, 6.45) is 5.28. The monoisotopic (exact) mass is 520 g/mol. The first-order valence-electron chi connectivity index (χ1n) is 12.8. The lowest BCUT2D eigenvalue weighted by Gasteiger charge is -2.37. The van der Waals surface area contributed by atoms with Gasteiger partial charge in [0.1, 0.15) is 34.9 Å². The van der Waals surface area contributed by atoms with Gasteiger partial charge in [-0.05, 0) is 34.4 Å². The van der Waals surface area contributed by atoms with Crippen LogP contribution in [0.25, 0.3) is 22.7 Å². The molecule has 1 aromatic rings. The zero-order chi connectivity index (χ0) is 27.5. The Morgan fingerprint density at radius 3 is 1.32 bits per heavy atom. The molecule has 200 valence electrons. The maximum Gasteiger partial charge on any atom is 0.174 e. The fourth-order valence-corrected chi connectivity index (χ4v) is 6.45. The summed E-state index contributed by atoms with van der Waals surface area (Å²) in [6, 6.07) is 0. The standard InChI is InChI=1S/C30H32O8/c1-7-9-13-19-20-14(10-8-2)30(38-6)28(34)22-16(32)12-18(36-4)24(26(20)22)23-17(35-3)11-15(31)21(25(19)23)27(33)29(13)37-5/h11-12,21-22,33-34H,7-10H2,1-6H3. The quantitative estimate of drug-likeness (QED) is 0.533. The molecule has 8 nitrogen and oxygen atoms in total. The maximum atomic E-state index is 13.5. The van der Waals surface area contributed by atoms with E-state index in [1.807, 2.05) is 13.8 Å². The Labute approximate surface area is 220 Å². The SMILES string of the molecule is CCCC1=c2c3c(c4c5c2=C(CCC)C(OC)=C(O)C5C(=O)C=C4OC)C(OC)=CC(=O)C3C(O)=C1OC. The molecule has 5 rings (SSSR count). The summed E-state index contributed by atoms with van der Waals surface area (Å²) < 4.78 is 22.9. The van der Waals surface area contributed by atoms with Crippen LogP contribution < -0.4 is 10.4 Å². The lowest BCUT2D eigenvalue weighted by molar-refractivity contribution is -0.117. The number of fused-ring (bicyclic) bond motifs is 2. The topological polar surface area (TPSA) is 112 Å². The molecule has 8 heteroatoms. The van der Waals surface area contributed by atoms with Crippen LogP contribution in [0.4, 0.5) is 0 Å². The fourth-order valence-electron chi connectivity index (χ4n) is 6.45. The molecule has 1 aromatic carbocycles. The Hall–Kier alpha value is -3.94. The molecule has 4 aliphatic rings. The van der Waals surface area contributed by atoms with Crippen molar-refractivity contribution in [2.75, 3.05) is 28.4 Å². The van der Waals surface area contributed by atoms with Crippen LogP contribution in [-0.4, -0.2) is 50.2 Å². The summed E-state index contributed by atoms with van der Waals surface area (Å²) in [5.74, 6) is -1.90. The molecule has 0 saturated carbocycles. The maximum absolute atomic E-state index is 13.5. The molecule has 2 unspecified atom stereocenters. The van der Waals surface area contributed by atoms with E-state index in [0.717, 1.165) is 34.4 Å². The van der Waals surface area contributed by atoms with Crippen LogP contribution in [0.5, 0.6) is 0 Å². The number of hydrogen-bond acceptors (Lipinski definition) is 8. The Morgan fingerprint density at radius 2 is 1.03 bits per heavy atom. The number of methoxy groups -OCH3 is 4. The van der Waals surface area contributed by atoms with Crippen molar-refractivity contribution in [1.29, 1.82) is 0 Å². The zero-order valence-corrected chi connectivity index (χ0v) is 22.5. The van der Waals surface area contributed by atoms with E-state index in [-0.39, 0.29) is 34.6 Å². The van der Waals surface area contributed by atoms with Crippen LogP contribution in [0, 0.1) is 0 Å². The third kappa shape index (κ3) is 3.22. The smallest absolute Gasteiger partial charge is 0.174 e. The second-order valence-corrected chi connectivity index (χ2v) is 9.72. The van der Waals surface area contributed by atoms with Crippen LogP contribution >= 0.6 is 0 Å². The number of carbonyl (C=O) groups excluding carboxylic acids is 2. The first-order chi connectivity index (χ1) is 18.3. The number of ketones is 2. The zero-order valence-electron chi connectivity index (χ0n) is 22.5. The minimum Gasteiger partial charge on any atom is -0.507 e. The molecule has 0 bridgehead atoms. The molecule has 0 spiro atoms. The van der Waals surface area contributed by atoms with Crippen molar-refractivity contribution in [3.8, 4) is 0 Å². The van der Waals surface area contributed by atoms with Crippen LogP contribution in [0.1, 0.15) is 73.6 Å². The average Bonchev–Trinajstić information content (AvgIpc) is 2.90. The lowest BCUT2D eigenvalue weighted by atomic mass is 9.68. The van der Waals surface area contributed by atoms with Gasteiger partial charge >= 0.3 is 0 Å². The average molecular weight is 521 g/mol. The van der Waals surface area contributed by atoms with Crippen LogP contribution in [0.2, 0.25) is 0 Å². The molecule has 0 aromatic heterocycles. The highest BCUT2D eigenvalue weighted by Crippen LogP contribution is 2.48. The van der Waals surface area contributed by atoms with E-state index in [4.69, 9.17) is 18.9 Å². The first-order valence-corrected chi connectivity index (χ1v) is 12.8. The van der Waals surface area contributed by atoms with Gasteiger partial charge in [-0.1, -0.05) is 26.7 Å². The number of rotatable bonds is 8. The molecule has 2 N–H and O–H groups in total. The number of allylic oxidation sites excluding steroid dienone is 6. The second-order valence-electron chi connectivity index (χ2n) is 9.72. The van der Waals surface area contributed by atoms with Crippen molar-refractivity contribution in [3.05, 3.63) is 67.9 Å². The molecule has 4 aliphatic carbocycles. The number of aliphatic hydroxyl groups excluding tert-OH is 2. The van der Waals surface area contributed by atoms with E-state index in [1.165, 1.54) is 40.6 Å². The van der Waals surface area contributed by atoms with Gasteiger partial charge in [-0.3, -0.25) is 9.59 Å². The molecule has 0 heterocycles. The van der Waals surface area contributed by atoms with E-state index in [2.05, 4.69) is 0 Å². The van der Waals surface area contributed by atoms with Gasteiger partial charge in [0.05, 0.1) is 28.4 Å². The molecule has 0 saturated heterocycles. The van der Waals surface area contributed by atoms with Crippen molar-refractivity contribution in [3.63, 3.8) is 0 Å². The molecular weight excluding hydrogens is 488 g/mol. The van der Waals surface area contributed by atoms with Crippen molar-refractivity contribution >= 4 is 34.2 Å². The summed E-state index contributed by atoms with van der Waals surface area (Å²) in [6.45, 7) is 4.04. The summed E-state index contributed by atoms with van der Waals surface area (Å²) in [5.41, 5.74) is 3.77. The van der Waals surface area contributed by atoms with E-state index < -0.39 is 11.8 Å². The van der Waals surface area contributed by atoms with Gasteiger partial charge in [0.2, 0.25) is 0 Å². The predicted octanol–water partition coefficient (Wildman–Crippen LogP) is 3.75. The Bertz CT molecular complexity index is 1420. The number of hydrogen-bond donors (Lipinski definition) is 2. The van der Waals surface area contributed by atoms with E-state index >= 15 is 0 Å². The third-order valence-corrected chi connectivity index (χ3v) is 7.78. The van der Waals surface area contributed by atoms with Crippen molar-refractivity contribution in [2.24, 2.45) is 0 Å². The molecule has 38 heavy (non-hydrogen) atoms. The summed E-state index contributed by atoms with van der Waals surface area (Å²) in [7, 11) is 5.90. The summed E-state index contributed by atoms with van der Waals surface area (Å²) in [4.78, 5) is 27.0. The minimum atomic E-state index is -1.02. The largest absolute Gasteiger partial charge is 0.507 e. The van der Waals surface area contributed by atoms with Gasteiger partial charge in [-0.25, -0.2) is 0 Å². The Kier molecular flexibility index (Phi) is 6.37. The molecule has 0 radical (unpaired) electrons. The van der Waals surface area contributed by atoms with E-state index in [9.17, 15) is 19.8 Å². The molecule has 0 fully saturated rings. The Morgan fingerprint density at radius 1 is 0.658 bits per heavy atom. The second kappa shape index (κ2) is 9.42. The van der Waals surface area contributed by atoms with E-state index in [1.54, 1.807) is 0 Å². The van der Waals surface area contributed by atoms with Crippen molar-refractivity contribution < 1.29 is 38.7 Å². The highest BCUT2D eigenvalue weighted by molar-refractivity contribution is 6.12. The van der Waals surface area contributed by atoms with Crippen molar-refractivity contribution in [1.82, 2.24) is 0 Å². The fraction of sp³-hybridized carbons (Fsp3) is 0.400. The molecule has 0 amide bonds. The van der Waals surface area contributed by atoms with Crippen LogP contribution in [0.15, 0.2) is 35.2 Å². The first kappa shape index (κ1) is 25.7. The molecule has 0 aliphatic heterocycles. The number of benzene rings is 1. The van der Waals surface area contributed by atoms with Crippen LogP contribution in [0.3, 0.4) is 0 Å². The normalized spacial score (nSPS) is 21.6. The van der Waals surface area contributed by atoms with Gasteiger partial charge in [-0.2, -0.15) is 0 Å². The summed E-state index contributed by atoms with van der Waals surface area (Å²) >= 11 is 0. The van der Waals surface area contributed by atoms with Gasteiger partial charge in [0, 0.05) is 34.4 Å². The van der Waals surface area contributed by atoms with Gasteiger partial charge in [0.15, 0.2) is 23.1 Å². The highest BCUT2D eigenvalue weighted by atomic mass is 16.5. The summed E-state index contributed by atoms with van der Waals surface area (Å²) in [5, 5.41) is 24.3. The van der Waals surface area contributed by atoms with Crippen molar-refractivity contribution in [2.45, 2.75) is 51.4 Å². The lowest BCUT2D eigenvalue weighted by Crippen LogP contribution is -2.48. The van der Waals surface area contributed by atoms with Gasteiger partial charge in [-0.15, -0.1) is 0 Å². The third-order valence-electron chi connectivity index (χ3n) is 7.78. The minimum absolute atomic E-state index is 0.155. The predicted molar refractivity (Wildman–Crippen MR) is 141 cm³/mol.